The summed E-state index contributed by atoms with van der Waals surface area (Å²) in [6.07, 6.45) is 4.31. The molecule has 1 fully saturated rings. The molecule has 2 amide bonds. The summed E-state index contributed by atoms with van der Waals surface area (Å²) in [5.74, 6) is -1.31. The van der Waals surface area contributed by atoms with Crippen molar-refractivity contribution in [3.8, 4) is 12.3 Å². The van der Waals surface area contributed by atoms with E-state index in [2.05, 4.69) is 11.2 Å². The molecule has 1 saturated heterocycles. The smallest absolute Gasteiger partial charge is 0.254 e. The number of aliphatic hydroxyl groups excluding tert-OH is 1. The van der Waals surface area contributed by atoms with Gasteiger partial charge < -0.3 is 15.3 Å². The number of likely N-dealkylation sites (tertiary alicyclic amines) is 1. The Morgan fingerprint density at radius 1 is 1.28 bits per heavy atom. The molecule has 11 heteroatoms. The highest BCUT2D eigenvalue weighted by Gasteiger charge is 2.40. The van der Waals surface area contributed by atoms with E-state index in [1.807, 2.05) is 0 Å². The number of halogens is 3. The SMILES string of the molecule is C#C[C@@H]1C[C@H](C(=O)N[C@@H](c2cc(F)c(Cl)cc2F)[C@H](C)O)N(C(=O)c2cccc(S(=O)(=O)CC)c2)C1. The Kier molecular flexibility index (Phi) is 8.39. The van der Waals surface area contributed by atoms with Crippen LogP contribution in [0, 0.1) is 29.9 Å². The number of benzene rings is 2. The van der Waals surface area contributed by atoms with Crippen molar-refractivity contribution in [1.82, 2.24) is 10.2 Å². The normalized spacial score (nSPS) is 19.4. The van der Waals surface area contributed by atoms with Gasteiger partial charge in [0.1, 0.15) is 17.7 Å². The molecule has 0 aromatic heterocycles. The first-order valence-electron chi connectivity index (χ1n) is 11.1. The van der Waals surface area contributed by atoms with E-state index in [4.69, 9.17) is 18.0 Å². The van der Waals surface area contributed by atoms with Gasteiger partial charge in [-0.15, -0.1) is 12.3 Å². The maximum atomic E-state index is 14.5. The Morgan fingerprint density at radius 2 is 1.97 bits per heavy atom. The molecule has 0 radical (unpaired) electrons. The molecule has 0 spiro atoms. The average molecular weight is 539 g/mol. The predicted molar refractivity (Wildman–Crippen MR) is 130 cm³/mol. The summed E-state index contributed by atoms with van der Waals surface area (Å²) >= 11 is 5.61. The van der Waals surface area contributed by atoms with E-state index in [0.29, 0.717) is 0 Å². The van der Waals surface area contributed by atoms with Gasteiger partial charge in [0.15, 0.2) is 9.84 Å². The third-order valence-electron chi connectivity index (χ3n) is 6.08. The van der Waals surface area contributed by atoms with E-state index >= 15 is 0 Å². The number of carbonyl (C=O) groups excluding carboxylic acids is 2. The van der Waals surface area contributed by atoms with Crippen LogP contribution in [0.1, 0.15) is 42.2 Å². The van der Waals surface area contributed by atoms with E-state index in [0.717, 1.165) is 12.1 Å². The summed E-state index contributed by atoms with van der Waals surface area (Å²) in [6, 6.07) is 4.57. The van der Waals surface area contributed by atoms with Crippen LogP contribution in [0.5, 0.6) is 0 Å². The van der Waals surface area contributed by atoms with Crippen LogP contribution in [0.3, 0.4) is 0 Å². The van der Waals surface area contributed by atoms with Gasteiger partial charge in [0.25, 0.3) is 5.91 Å². The molecule has 3 rings (SSSR count). The van der Waals surface area contributed by atoms with Crippen molar-refractivity contribution >= 4 is 33.3 Å². The van der Waals surface area contributed by atoms with Gasteiger partial charge in [-0.2, -0.15) is 0 Å². The van der Waals surface area contributed by atoms with E-state index in [1.165, 1.54) is 43.0 Å². The Balaban J connectivity index is 1.92. The molecule has 0 saturated carbocycles. The number of nitrogens with zero attached hydrogens (tertiary/aromatic N) is 1. The van der Waals surface area contributed by atoms with Crippen LogP contribution >= 0.6 is 11.6 Å². The molecule has 2 aromatic rings. The fraction of sp³-hybridized carbons (Fsp3) is 0.360. The zero-order valence-electron chi connectivity index (χ0n) is 19.5. The van der Waals surface area contributed by atoms with Gasteiger partial charge >= 0.3 is 0 Å². The number of rotatable bonds is 7. The first-order valence-corrected chi connectivity index (χ1v) is 13.1. The topological polar surface area (TPSA) is 104 Å². The monoisotopic (exact) mass is 538 g/mol. The lowest BCUT2D eigenvalue weighted by Gasteiger charge is -2.28. The average Bonchev–Trinajstić information content (AvgIpc) is 3.29. The van der Waals surface area contributed by atoms with Crippen molar-refractivity contribution in [3.05, 3.63) is 64.2 Å². The summed E-state index contributed by atoms with van der Waals surface area (Å²) in [5.41, 5.74) is -0.264. The van der Waals surface area contributed by atoms with Gasteiger partial charge in [-0.25, -0.2) is 17.2 Å². The number of terminal acetylenes is 1. The van der Waals surface area contributed by atoms with Crippen LogP contribution in [0.25, 0.3) is 0 Å². The highest BCUT2D eigenvalue weighted by molar-refractivity contribution is 7.91. The number of hydrogen-bond donors (Lipinski definition) is 2. The third-order valence-corrected chi connectivity index (χ3v) is 8.10. The Labute approximate surface area is 213 Å². The summed E-state index contributed by atoms with van der Waals surface area (Å²) in [5, 5.41) is 12.3. The minimum absolute atomic E-state index is 0.0287. The lowest BCUT2D eigenvalue weighted by molar-refractivity contribution is -0.126. The molecule has 0 unspecified atom stereocenters. The first-order chi connectivity index (χ1) is 16.9. The molecular formula is C25H25ClF2N2O5S. The Hall–Kier alpha value is -3.00. The molecule has 2 N–H and O–H groups in total. The Bertz CT molecular complexity index is 1330. The second-order valence-corrected chi connectivity index (χ2v) is 11.2. The van der Waals surface area contributed by atoms with Crippen LogP contribution in [0.15, 0.2) is 41.3 Å². The van der Waals surface area contributed by atoms with Gasteiger partial charge in [-0.05, 0) is 43.7 Å². The quantitative estimate of drug-likeness (QED) is 0.416. The molecule has 2 aromatic carbocycles. The standard InChI is InChI=1S/C25H25ClF2N2O5S/c1-4-15-9-22(24(32)29-23(14(3)31)18-11-21(28)19(26)12-20(18)27)30(13-15)25(33)16-7-6-8-17(10-16)36(34,35)5-2/h1,6-8,10-12,14-15,22-23,31H,5,9,13H2,2-3H3,(H,29,32)/t14-,15+,22+,23+/m0/s1. The van der Waals surface area contributed by atoms with E-state index < -0.39 is 62.4 Å². The number of amides is 2. The minimum atomic E-state index is -3.58. The highest BCUT2D eigenvalue weighted by Crippen LogP contribution is 2.29. The van der Waals surface area contributed by atoms with Crippen molar-refractivity contribution in [2.75, 3.05) is 12.3 Å². The van der Waals surface area contributed by atoms with Crippen LogP contribution in [0.2, 0.25) is 5.02 Å². The van der Waals surface area contributed by atoms with Gasteiger partial charge in [-0.3, -0.25) is 9.59 Å². The number of carbonyl (C=O) groups is 2. The van der Waals surface area contributed by atoms with Crippen LogP contribution in [-0.2, 0) is 14.6 Å². The second-order valence-electron chi connectivity index (χ2n) is 8.52. The summed E-state index contributed by atoms with van der Waals surface area (Å²) in [7, 11) is -3.58. The molecule has 192 valence electrons. The molecule has 0 bridgehead atoms. The van der Waals surface area contributed by atoms with Gasteiger partial charge in [0.05, 0.1) is 27.8 Å². The van der Waals surface area contributed by atoms with E-state index in [9.17, 15) is 31.9 Å². The summed E-state index contributed by atoms with van der Waals surface area (Å²) in [6.45, 7) is 2.80. The van der Waals surface area contributed by atoms with Crippen LogP contribution in [-0.4, -0.2) is 54.7 Å². The van der Waals surface area contributed by atoms with Crippen molar-refractivity contribution in [2.24, 2.45) is 5.92 Å². The van der Waals surface area contributed by atoms with Crippen LogP contribution in [0.4, 0.5) is 8.78 Å². The molecule has 4 atom stereocenters. The second kappa shape index (κ2) is 10.9. The summed E-state index contributed by atoms with van der Waals surface area (Å²) in [4.78, 5) is 27.8. The van der Waals surface area contributed by atoms with Crippen molar-refractivity contribution in [3.63, 3.8) is 0 Å². The highest BCUT2D eigenvalue weighted by atomic mass is 35.5. The van der Waals surface area contributed by atoms with Crippen molar-refractivity contribution in [1.29, 1.82) is 0 Å². The molecule has 7 nitrogen and oxygen atoms in total. The fourth-order valence-corrected chi connectivity index (χ4v) is 5.14. The number of sulfone groups is 1. The molecule has 0 aliphatic carbocycles. The third kappa shape index (κ3) is 5.69. The first kappa shape index (κ1) is 27.6. The van der Waals surface area contributed by atoms with E-state index in [-0.39, 0.29) is 34.7 Å². The number of hydrogen-bond acceptors (Lipinski definition) is 5. The zero-order valence-corrected chi connectivity index (χ0v) is 21.1. The summed E-state index contributed by atoms with van der Waals surface area (Å²) < 4.78 is 53.0. The van der Waals surface area contributed by atoms with Gasteiger partial charge in [0, 0.05) is 23.6 Å². The molecule has 1 heterocycles. The molecule has 36 heavy (non-hydrogen) atoms. The maximum absolute atomic E-state index is 14.5. The van der Waals surface area contributed by atoms with Gasteiger partial charge in [0.2, 0.25) is 5.91 Å². The fourth-order valence-electron chi connectivity index (χ4n) is 4.07. The molecular weight excluding hydrogens is 514 g/mol. The molecule has 1 aliphatic heterocycles. The number of aliphatic hydroxyl groups is 1. The minimum Gasteiger partial charge on any atom is -0.391 e. The Morgan fingerprint density at radius 3 is 2.58 bits per heavy atom. The van der Waals surface area contributed by atoms with Crippen LogP contribution < -0.4 is 5.32 Å². The van der Waals surface area contributed by atoms with E-state index in [1.54, 1.807) is 0 Å². The molecule has 1 aliphatic rings. The maximum Gasteiger partial charge on any atom is 0.254 e. The number of nitrogens with one attached hydrogen (secondary N) is 1. The van der Waals surface area contributed by atoms with Crippen molar-refractivity contribution in [2.45, 2.75) is 43.4 Å². The lowest BCUT2D eigenvalue weighted by Crippen LogP contribution is -2.48. The largest absolute Gasteiger partial charge is 0.391 e. The lowest BCUT2D eigenvalue weighted by atomic mass is 10.00. The van der Waals surface area contributed by atoms with Gasteiger partial charge in [-0.1, -0.05) is 24.6 Å². The zero-order chi connectivity index (χ0) is 26.8. The predicted octanol–water partition coefficient (Wildman–Crippen LogP) is 3.11. The van der Waals surface area contributed by atoms with Crippen molar-refractivity contribution < 1.29 is 31.9 Å².